The topological polar surface area (TPSA) is 29.5 Å². The minimum atomic E-state index is -0.483. The highest BCUT2D eigenvalue weighted by molar-refractivity contribution is 9.10. The Kier molecular flexibility index (Phi) is 4.43. The molecule has 1 atom stereocenters. The molecule has 2 aromatic carbocycles. The smallest absolute Gasteiger partial charge is 0.141 e. The zero-order valence-corrected chi connectivity index (χ0v) is 12.9. The molecule has 0 unspecified atom stereocenters. The van der Waals surface area contributed by atoms with Crippen molar-refractivity contribution in [2.75, 3.05) is 0 Å². The third kappa shape index (κ3) is 3.34. The molecule has 0 fully saturated rings. The van der Waals surface area contributed by atoms with Gasteiger partial charge in [-0.2, -0.15) is 0 Å². The number of rotatable bonds is 3. The lowest BCUT2D eigenvalue weighted by atomic mass is 10.1. The van der Waals surface area contributed by atoms with E-state index in [-0.39, 0.29) is 0 Å². The second kappa shape index (κ2) is 5.87. The van der Waals surface area contributed by atoms with Crippen molar-refractivity contribution < 1.29 is 9.84 Å². The maximum Gasteiger partial charge on any atom is 0.141 e. The molecule has 4 heteroatoms. The molecule has 0 bridgehead atoms. The first-order valence-electron chi connectivity index (χ1n) is 5.47. The third-order valence-electron chi connectivity index (χ3n) is 2.48. The number of aliphatic hydroxyl groups is 1. The largest absolute Gasteiger partial charge is 0.456 e. The van der Waals surface area contributed by atoms with Gasteiger partial charge in [-0.25, -0.2) is 0 Å². The van der Waals surface area contributed by atoms with Crippen LogP contribution in [0.3, 0.4) is 0 Å². The molecule has 0 aliphatic heterocycles. The normalized spacial score (nSPS) is 12.2. The molecular formula is C14H12Br2O2. The monoisotopic (exact) mass is 370 g/mol. The van der Waals surface area contributed by atoms with Crippen LogP contribution in [0.5, 0.6) is 11.5 Å². The lowest BCUT2D eigenvalue weighted by Gasteiger charge is -2.10. The predicted octanol–water partition coefficient (Wildman–Crippen LogP) is 5.06. The van der Waals surface area contributed by atoms with E-state index in [0.717, 1.165) is 26.0 Å². The van der Waals surface area contributed by atoms with E-state index in [1.165, 1.54) is 0 Å². The Labute approximate surface area is 123 Å². The van der Waals surface area contributed by atoms with E-state index in [4.69, 9.17) is 4.74 Å². The minimum Gasteiger partial charge on any atom is -0.456 e. The highest BCUT2D eigenvalue weighted by Crippen LogP contribution is 2.32. The van der Waals surface area contributed by atoms with Crippen molar-refractivity contribution in [1.82, 2.24) is 0 Å². The summed E-state index contributed by atoms with van der Waals surface area (Å²) >= 11 is 6.82. The van der Waals surface area contributed by atoms with Crippen LogP contribution < -0.4 is 4.74 Å². The summed E-state index contributed by atoms with van der Waals surface area (Å²) in [6.07, 6.45) is -0.483. The number of halogens is 2. The minimum absolute atomic E-state index is 0.483. The summed E-state index contributed by atoms with van der Waals surface area (Å²) in [5.74, 6) is 1.49. The lowest BCUT2D eigenvalue weighted by molar-refractivity contribution is 0.199. The van der Waals surface area contributed by atoms with E-state index >= 15 is 0 Å². The first-order valence-corrected chi connectivity index (χ1v) is 7.06. The molecule has 0 saturated heterocycles. The molecule has 2 rings (SSSR count). The van der Waals surface area contributed by atoms with Crippen molar-refractivity contribution in [2.45, 2.75) is 13.0 Å². The molecule has 18 heavy (non-hydrogen) atoms. The standard InChI is InChI=1S/C14H12Br2O2/c1-9(17)10-2-7-14(13(16)8-10)18-12-5-3-11(15)4-6-12/h2-9,17H,1H3/t9-/m1/s1. The van der Waals surface area contributed by atoms with Crippen molar-refractivity contribution in [2.24, 2.45) is 0 Å². The molecule has 2 nitrogen and oxygen atoms in total. The zero-order chi connectivity index (χ0) is 13.1. The third-order valence-corrected chi connectivity index (χ3v) is 3.63. The van der Waals surface area contributed by atoms with E-state index in [1.807, 2.05) is 42.5 Å². The van der Waals surface area contributed by atoms with Gasteiger partial charge in [0.05, 0.1) is 10.6 Å². The molecule has 0 radical (unpaired) electrons. The lowest BCUT2D eigenvalue weighted by Crippen LogP contribution is -1.92. The van der Waals surface area contributed by atoms with Gasteiger partial charge in [-0.05, 0) is 64.8 Å². The highest BCUT2D eigenvalue weighted by Gasteiger charge is 2.07. The number of ether oxygens (including phenoxy) is 1. The number of hydrogen-bond donors (Lipinski definition) is 1. The van der Waals surface area contributed by atoms with Crippen LogP contribution in [0.25, 0.3) is 0 Å². The summed E-state index contributed by atoms with van der Waals surface area (Å²) in [6.45, 7) is 1.73. The van der Waals surface area contributed by atoms with Gasteiger partial charge in [0.1, 0.15) is 11.5 Å². The molecule has 0 aliphatic rings. The molecular weight excluding hydrogens is 360 g/mol. The van der Waals surface area contributed by atoms with Crippen molar-refractivity contribution in [3.63, 3.8) is 0 Å². The van der Waals surface area contributed by atoms with E-state index in [1.54, 1.807) is 6.92 Å². The molecule has 0 amide bonds. The number of benzene rings is 2. The summed E-state index contributed by atoms with van der Waals surface area (Å²) in [5, 5.41) is 9.49. The average molecular weight is 372 g/mol. The SMILES string of the molecule is C[C@@H](O)c1ccc(Oc2ccc(Br)cc2)c(Br)c1. The molecule has 94 valence electrons. The molecule has 0 aliphatic carbocycles. The fourth-order valence-corrected chi connectivity index (χ4v) is 2.23. The van der Waals surface area contributed by atoms with Crippen LogP contribution >= 0.6 is 31.9 Å². The maximum atomic E-state index is 9.49. The van der Waals surface area contributed by atoms with Gasteiger partial charge in [-0.15, -0.1) is 0 Å². The van der Waals surface area contributed by atoms with E-state index in [2.05, 4.69) is 31.9 Å². The number of hydrogen-bond acceptors (Lipinski definition) is 2. The fraction of sp³-hybridized carbons (Fsp3) is 0.143. The molecule has 0 heterocycles. The molecule has 0 spiro atoms. The van der Waals surface area contributed by atoms with Gasteiger partial charge < -0.3 is 9.84 Å². The molecule has 1 N–H and O–H groups in total. The van der Waals surface area contributed by atoms with Gasteiger partial charge in [-0.3, -0.25) is 0 Å². The van der Waals surface area contributed by atoms with Crippen LogP contribution in [-0.4, -0.2) is 5.11 Å². The summed E-state index contributed by atoms with van der Waals surface area (Å²) < 4.78 is 7.58. The Bertz CT molecular complexity index is 536. The molecule has 0 aromatic heterocycles. The van der Waals surface area contributed by atoms with E-state index in [9.17, 15) is 5.11 Å². The van der Waals surface area contributed by atoms with Gasteiger partial charge in [-0.1, -0.05) is 22.0 Å². The van der Waals surface area contributed by atoms with Gasteiger partial charge in [0.25, 0.3) is 0 Å². The second-order valence-electron chi connectivity index (χ2n) is 3.92. The van der Waals surface area contributed by atoms with Gasteiger partial charge in [0.2, 0.25) is 0 Å². The second-order valence-corrected chi connectivity index (χ2v) is 5.69. The fourth-order valence-electron chi connectivity index (χ4n) is 1.49. The Morgan fingerprint density at radius 3 is 2.28 bits per heavy atom. The number of aliphatic hydroxyl groups excluding tert-OH is 1. The average Bonchev–Trinajstić information content (AvgIpc) is 2.34. The first kappa shape index (κ1) is 13.6. The predicted molar refractivity (Wildman–Crippen MR) is 79.0 cm³/mol. The maximum absolute atomic E-state index is 9.49. The van der Waals surface area contributed by atoms with Crippen LogP contribution in [0.1, 0.15) is 18.6 Å². The Balaban J connectivity index is 2.22. The first-order chi connectivity index (χ1) is 8.56. The summed E-state index contributed by atoms with van der Waals surface area (Å²) in [5.41, 5.74) is 0.852. The van der Waals surface area contributed by atoms with Crippen LogP contribution in [0.4, 0.5) is 0 Å². The van der Waals surface area contributed by atoms with Gasteiger partial charge in [0, 0.05) is 4.47 Å². The van der Waals surface area contributed by atoms with E-state index < -0.39 is 6.10 Å². The van der Waals surface area contributed by atoms with Crippen LogP contribution in [0, 0.1) is 0 Å². The highest BCUT2D eigenvalue weighted by atomic mass is 79.9. The summed E-state index contributed by atoms with van der Waals surface area (Å²) in [6, 6.07) is 13.2. The van der Waals surface area contributed by atoms with Gasteiger partial charge >= 0.3 is 0 Å². The molecule has 0 saturated carbocycles. The Morgan fingerprint density at radius 2 is 1.72 bits per heavy atom. The molecule has 2 aromatic rings. The van der Waals surface area contributed by atoms with Crippen molar-refractivity contribution in [3.05, 3.63) is 57.0 Å². The Hall–Kier alpha value is -0.840. The Morgan fingerprint density at radius 1 is 1.06 bits per heavy atom. The van der Waals surface area contributed by atoms with E-state index in [0.29, 0.717) is 0 Å². The zero-order valence-electron chi connectivity index (χ0n) is 9.73. The van der Waals surface area contributed by atoms with Crippen LogP contribution in [0.2, 0.25) is 0 Å². The summed E-state index contributed by atoms with van der Waals surface area (Å²) in [4.78, 5) is 0. The van der Waals surface area contributed by atoms with Crippen LogP contribution in [-0.2, 0) is 0 Å². The van der Waals surface area contributed by atoms with Gasteiger partial charge in [0.15, 0.2) is 0 Å². The van der Waals surface area contributed by atoms with Crippen LogP contribution in [0.15, 0.2) is 51.4 Å². The van der Waals surface area contributed by atoms with Crippen molar-refractivity contribution in [3.8, 4) is 11.5 Å². The van der Waals surface area contributed by atoms with Crippen molar-refractivity contribution in [1.29, 1.82) is 0 Å². The van der Waals surface area contributed by atoms with Crippen molar-refractivity contribution >= 4 is 31.9 Å². The quantitative estimate of drug-likeness (QED) is 0.817. The summed E-state index contributed by atoms with van der Waals surface area (Å²) in [7, 11) is 0.